The van der Waals surface area contributed by atoms with Gasteiger partial charge in [0, 0.05) is 42.0 Å². The smallest absolute Gasteiger partial charge is 0.336 e. The van der Waals surface area contributed by atoms with Crippen LogP contribution in [0.15, 0.2) is 53.8 Å². The van der Waals surface area contributed by atoms with Gasteiger partial charge < -0.3 is 19.6 Å². The number of nitrogens with one attached hydrogen (secondary N) is 1. The van der Waals surface area contributed by atoms with E-state index in [0.717, 1.165) is 23.3 Å². The van der Waals surface area contributed by atoms with Gasteiger partial charge in [0.15, 0.2) is 0 Å². The SMILES string of the molecule is [C-]#[N+]CCOP(=O)(OCCC#N)OCc1c(-c2cc(Nc3ccncn3)c(=O)n(C)c2)cccc1N1CCc2c(sc3c2CC(C)(C)C3)C1=O. The number of carbonyl (C=O) groups is 1. The Balaban J connectivity index is 1.42. The van der Waals surface area contributed by atoms with Gasteiger partial charge >= 0.3 is 7.82 Å². The van der Waals surface area contributed by atoms with E-state index in [9.17, 15) is 14.2 Å². The zero-order chi connectivity index (χ0) is 35.5. The molecule has 0 saturated carbocycles. The van der Waals surface area contributed by atoms with Crippen LogP contribution in [0.25, 0.3) is 16.0 Å². The van der Waals surface area contributed by atoms with Crippen LogP contribution in [-0.2, 0) is 51.1 Å². The van der Waals surface area contributed by atoms with E-state index < -0.39 is 7.82 Å². The lowest BCUT2D eigenvalue weighted by molar-refractivity contribution is 0.0984. The minimum absolute atomic E-state index is 0.0475. The lowest BCUT2D eigenvalue weighted by Crippen LogP contribution is -2.37. The number of aromatic nitrogens is 3. The molecule has 1 N–H and O–H groups in total. The quantitative estimate of drug-likeness (QED) is 0.0927. The second-order valence-electron chi connectivity index (χ2n) is 12.8. The van der Waals surface area contributed by atoms with Crippen molar-refractivity contribution in [2.75, 3.05) is 36.5 Å². The molecule has 0 spiro atoms. The lowest BCUT2D eigenvalue weighted by Gasteiger charge is -2.31. The van der Waals surface area contributed by atoms with Crippen LogP contribution in [0.5, 0.6) is 0 Å². The van der Waals surface area contributed by atoms with E-state index in [1.54, 1.807) is 47.8 Å². The average molecular weight is 714 g/mol. The van der Waals surface area contributed by atoms with Crippen molar-refractivity contribution in [3.05, 3.63) is 97.3 Å². The number of anilines is 3. The van der Waals surface area contributed by atoms with Gasteiger partial charge in [0.1, 0.15) is 24.4 Å². The number of aryl methyl sites for hydroxylation is 1. The van der Waals surface area contributed by atoms with E-state index in [2.05, 4.69) is 34.0 Å². The van der Waals surface area contributed by atoms with E-state index in [0.29, 0.717) is 41.2 Å². The van der Waals surface area contributed by atoms with Crippen molar-refractivity contribution in [2.24, 2.45) is 12.5 Å². The van der Waals surface area contributed by atoms with Gasteiger partial charge in [-0.3, -0.25) is 23.2 Å². The van der Waals surface area contributed by atoms with Crippen molar-refractivity contribution in [2.45, 2.75) is 46.1 Å². The first kappa shape index (κ1) is 35.1. The fourth-order valence-corrected chi connectivity index (χ4v) is 9.05. The predicted octanol–water partition coefficient (Wildman–Crippen LogP) is 6.47. The molecule has 50 heavy (non-hydrogen) atoms. The average Bonchev–Trinajstić information content (AvgIpc) is 3.59. The number of nitriles is 1. The summed E-state index contributed by atoms with van der Waals surface area (Å²) in [4.78, 5) is 42.5. The van der Waals surface area contributed by atoms with Crippen LogP contribution in [0.4, 0.5) is 17.2 Å². The molecule has 1 aromatic carbocycles. The van der Waals surface area contributed by atoms with Gasteiger partial charge in [0.05, 0.1) is 36.3 Å². The summed E-state index contributed by atoms with van der Waals surface area (Å²) in [7, 11) is -2.62. The third-order valence-electron chi connectivity index (χ3n) is 8.58. The fourth-order valence-electron chi connectivity index (χ4n) is 6.35. The van der Waals surface area contributed by atoms with E-state index in [1.807, 2.05) is 24.3 Å². The molecule has 6 rings (SSSR count). The van der Waals surface area contributed by atoms with Crippen LogP contribution in [0.2, 0.25) is 0 Å². The number of phosphoric ester groups is 1. The van der Waals surface area contributed by atoms with Crippen LogP contribution in [0.1, 0.15) is 51.5 Å². The number of amides is 1. The Morgan fingerprint density at radius 3 is 2.74 bits per heavy atom. The minimum Gasteiger partial charge on any atom is -0.336 e. The van der Waals surface area contributed by atoms with E-state index in [1.165, 1.54) is 21.3 Å². The molecule has 0 radical (unpaired) electrons. The number of phosphoric acid groups is 1. The first-order valence-corrected chi connectivity index (χ1v) is 18.4. The summed E-state index contributed by atoms with van der Waals surface area (Å²) in [6.45, 7) is 11.2. The van der Waals surface area contributed by atoms with Crippen molar-refractivity contribution in [1.29, 1.82) is 5.26 Å². The first-order valence-electron chi connectivity index (χ1n) is 16.1. The number of hydrogen-bond acceptors (Lipinski definition) is 11. The molecule has 1 unspecified atom stereocenters. The Hall–Kier alpha value is -4.69. The molecule has 4 aromatic rings. The second kappa shape index (κ2) is 14.7. The van der Waals surface area contributed by atoms with Crippen LogP contribution < -0.4 is 15.8 Å². The Bertz CT molecular complexity index is 2090. The number of fused-ring (bicyclic) bond motifs is 3. The Labute approximate surface area is 293 Å². The van der Waals surface area contributed by atoms with Gasteiger partial charge in [-0.1, -0.05) is 26.0 Å². The van der Waals surface area contributed by atoms with E-state index in [4.69, 9.17) is 25.4 Å². The molecule has 1 amide bonds. The van der Waals surface area contributed by atoms with E-state index >= 15 is 0 Å². The highest BCUT2D eigenvalue weighted by Gasteiger charge is 2.39. The maximum absolute atomic E-state index is 14.3. The van der Waals surface area contributed by atoms with Gasteiger partial charge in [0.2, 0.25) is 6.54 Å². The highest BCUT2D eigenvalue weighted by Crippen LogP contribution is 2.52. The Morgan fingerprint density at radius 2 is 1.98 bits per heavy atom. The number of carbonyl (C=O) groups excluding carboxylic acids is 1. The fraction of sp³-hybridized carbons (Fsp3) is 0.371. The standard InChI is InChI=1S/C35H36N7O6PS/c1-35(2)18-26-25-10-14-42(34(44)32(25)50-30(26)19-35)29-8-5-7-24(27(29)21-48-49(45,46-15-6-11-36)47-16-13-37-3)23-17-28(33(43)41(4)20-23)40-31-9-12-38-22-39-31/h5,7-9,12,17,20,22H,6,10,13-16,18-19,21H2,1-2,4H3,(H,38,39,40). The summed E-state index contributed by atoms with van der Waals surface area (Å²) in [5.41, 5.74) is 4.86. The summed E-state index contributed by atoms with van der Waals surface area (Å²) in [6.07, 6.45) is 7.13. The maximum atomic E-state index is 14.3. The molecular weight excluding hydrogens is 677 g/mol. The van der Waals surface area contributed by atoms with Gasteiger partial charge in [-0.15, -0.1) is 11.3 Å². The number of nitrogens with zero attached hydrogens (tertiary/aromatic N) is 6. The number of rotatable bonds is 13. The molecule has 0 bridgehead atoms. The molecule has 4 heterocycles. The zero-order valence-electron chi connectivity index (χ0n) is 28.0. The monoisotopic (exact) mass is 713 g/mol. The maximum Gasteiger partial charge on any atom is 0.475 e. The topological polar surface area (TPSA) is 153 Å². The van der Waals surface area contributed by atoms with Crippen molar-refractivity contribution in [3.8, 4) is 17.2 Å². The molecule has 1 aliphatic heterocycles. The summed E-state index contributed by atoms with van der Waals surface area (Å²) in [6, 6.07) is 10.7. The second-order valence-corrected chi connectivity index (χ2v) is 15.6. The predicted molar refractivity (Wildman–Crippen MR) is 189 cm³/mol. The molecule has 15 heteroatoms. The lowest BCUT2D eigenvalue weighted by atomic mass is 9.89. The summed E-state index contributed by atoms with van der Waals surface area (Å²) >= 11 is 1.57. The van der Waals surface area contributed by atoms with Gasteiger partial charge in [-0.2, -0.15) is 5.26 Å². The van der Waals surface area contributed by atoms with Crippen molar-refractivity contribution in [1.82, 2.24) is 14.5 Å². The number of thiophene rings is 1. The van der Waals surface area contributed by atoms with Crippen LogP contribution in [-0.4, -0.2) is 46.7 Å². The van der Waals surface area contributed by atoms with Crippen LogP contribution in [0.3, 0.4) is 0 Å². The highest BCUT2D eigenvalue weighted by molar-refractivity contribution is 7.48. The van der Waals surface area contributed by atoms with Gasteiger partial charge in [-0.25, -0.2) is 21.1 Å². The summed E-state index contributed by atoms with van der Waals surface area (Å²) in [5.74, 6) is 0.315. The Kier molecular flexibility index (Phi) is 10.3. The molecular formula is C35H36N7O6PS. The van der Waals surface area contributed by atoms with E-state index in [-0.39, 0.29) is 55.4 Å². The third-order valence-corrected chi connectivity index (χ3v) is 11.3. The molecule has 1 aliphatic carbocycles. The third kappa shape index (κ3) is 7.41. The highest BCUT2D eigenvalue weighted by atomic mass is 32.1. The number of pyridine rings is 1. The van der Waals surface area contributed by atoms with Gasteiger partial charge in [-0.05, 0) is 59.6 Å². The van der Waals surface area contributed by atoms with Crippen molar-refractivity contribution in [3.63, 3.8) is 0 Å². The number of benzene rings is 1. The summed E-state index contributed by atoms with van der Waals surface area (Å²) in [5, 5.41) is 12.1. The number of hydrogen-bond donors (Lipinski definition) is 1. The molecule has 0 saturated heterocycles. The van der Waals surface area contributed by atoms with Crippen molar-refractivity contribution >= 4 is 42.3 Å². The van der Waals surface area contributed by atoms with Gasteiger partial charge in [0.25, 0.3) is 11.5 Å². The Morgan fingerprint density at radius 1 is 1.16 bits per heavy atom. The molecule has 0 fully saturated rings. The molecule has 3 aromatic heterocycles. The minimum atomic E-state index is -4.25. The van der Waals surface area contributed by atoms with Crippen LogP contribution in [0, 0.1) is 23.3 Å². The normalized spacial score (nSPS) is 15.9. The molecule has 2 aliphatic rings. The van der Waals surface area contributed by atoms with Crippen LogP contribution >= 0.6 is 19.2 Å². The molecule has 13 nitrogen and oxygen atoms in total. The van der Waals surface area contributed by atoms with Crippen molar-refractivity contribution < 1.29 is 22.9 Å². The first-order chi connectivity index (χ1) is 24.0. The molecule has 1 atom stereocenters. The molecule has 258 valence electrons. The zero-order valence-corrected chi connectivity index (χ0v) is 29.7. The largest absolute Gasteiger partial charge is 0.475 e. The summed E-state index contributed by atoms with van der Waals surface area (Å²) < 4.78 is 32.0.